The Labute approximate surface area is 107 Å². The Kier molecular flexibility index (Phi) is 3.78. The Morgan fingerprint density at radius 1 is 1.11 bits per heavy atom. The summed E-state index contributed by atoms with van der Waals surface area (Å²) < 4.78 is 0. The van der Waals surface area contributed by atoms with Crippen LogP contribution in [0.25, 0.3) is 0 Å². The number of rotatable bonds is 3. The first-order chi connectivity index (χ1) is 8.79. The summed E-state index contributed by atoms with van der Waals surface area (Å²) in [5.74, 6) is 2.49. The van der Waals surface area contributed by atoms with Crippen LogP contribution in [0.1, 0.15) is 21.5 Å². The van der Waals surface area contributed by atoms with E-state index in [2.05, 4.69) is 11.2 Å². The summed E-state index contributed by atoms with van der Waals surface area (Å²) >= 11 is 0. The van der Waals surface area contributed by atoms with E-state index in [0.29, 0.717) is 12.1 Å². The summed E-state index contributed by atoms with van der Waals surface area (Å²) in [5.41, 5.74) is 2.47. The molecule has 18 heavy (non-hydrogen) atoms. The minimum Gasteiger partial charge on any atom is -0.348 e. The van der Waals surface area contributed by atoms with Crippen LogP contribution in [-0.4, -0.2) is 5.91 Å². The zero-order valence-electron chi connectivity index (χ0n) is 9.89. The molecule has 0 atom stereocenters. The smallest absolute Gasteiger partial charge is 0.251 e. The number of hydrogen-bond acceptors (Lipinski definition) is 1. The van der Waals surface area contributed by atoms with Crippen molar-refractivity contribution in [1.29, 1.82) is 0 Å². The highest BCUT2D eigenvalue weighted by Gasteiger charge is 2.03. The summed E-state index contributed by atoms with van der Waals surface area (Å²) in [6, 6.07) is 16.7. The fraction of sp³-hybridized carbons (Fsp3) is 0.0625. The van der Waals surface area contributed by atoms with Crippen LogP contribution in [0.15, 0.2) is 54.6 Å². The fourth-order valence-electron chi connectivity index (χ4n) is 1.65. The highest BCUT2D eigenvalue weighted by atomic mass is 16.1. The molecule has 0 aliphatic heterocycles. The molecule has 0 aliphatic carbocycles. The van der Waals surface area contributed by atoms with Crippen molar-refractivity contribution in [2.45, 2.75) is 6.54 Å². The standard InChI is InChI=1S/C16H13NO/c1-2-13-7-6-8-14(11-13)12-17-16(18)15-9-4-3-5-10-15/h1,3-11H,12H2,(H,17,18). The van der Waals surface area contributed by atoms with Gasteiger partial charge in [0.2, 0.25) is 0 Å². The van der Waals surface area contributed by atoms with E-state index < -0.39 is 0 Å². The molecule has 0 fully saturated rings. The molecule has 0 heterocycles. The molecule has 0 saturated carbocycles. The molecule has 2 heteroatoms. The topological polar surface area (TPSA) is 29.1 Å². The van der Waals surface area contributed by atoms with Gasteiger partial charge in [0.25, 0.3) is 5.91 Å². The zero-order chi connectivity index (χ0) is 12.8. The largest absolute Gasteiger partial charge is 0.348 e. The van der Waals surface area contributed by atoms with Crippen LogP contribution in [0.5, 0.6) is 0 Å². The maximum atomic E-state index is 11.8. The van der Waals surface area contributed by atoms with E-state index in [4.69, 9.17) is 6.42 Å². The Balaban J connectivity index is 2.00. The summed E-state index contributed by atoms with van der Waals surface area (Å²) in [5, 5.41) is 2.86. The number of benzene rings is 2. The van der Waals surface area contributed by atoms with Crippen molar-refractivity contribution in [3.63, 3.8) is 0 Å². The van der Waals surface area contributed by atoms with E-state index in [-0.39, 0.29) is 5.91 Å². The Hall–Kier alpha value is -2.53. The molecule has 0 aromatic heterocycles. The van der Waals surface area contributed by atoms with E-state index >= 15 is 0 Å². The highest BCUT2D eigenvalue weighted by molar-refractivity contribution is 5.94. The Morgan fingerprint density at radius 3 is 2.61 bits per heavy atom. The van der Waals surface area contributed by atoms with Crippen LogP contribution in [0.4, 0.5) is 0 Å². The van der Waals surface area contributed by atoms with Gasteiger partial charge in [0, 0.05) is 17.7 Å². The molecular formula is C16H13NO. The normalized spacial score (nSPS) is 9.50. The maximum absolute atomic E-state index is 11.8. The van der Waals surface area contributed by atoms with E-state index in [9.17, 15) is 4.79 Å². The molecule has 2 rings (SSSR count). The van der Waals surface area contributed by atoms with Gasteiger partial charge in [0.05, 0.1) is 0 Å². The number of terminal acetylenes is 1. The van der Waals surface area contributed by atoms with Gasteiger partial charge in [-0.3, -0.25) is 4.79 Å². The van der Waals surface area contributed by atoms with E-state index in [1.165, 1.54) is 0 Å². The zero-order valence-corrected chi connectivity index (χ0v) is 9.89. The lowest BCUT2D eigenvalue weighted by Gasteiger charge is -2.05. The van der Waals surface area contributed by atoms with Crippen molar-refractivity contribution in [3.05, 3.63) is 71.3 Å². The fourth-order valence-corrected chi connectivity index (χ4v) is 1.65. The minimum atomic E-state index is -0.0817. The molecule has 2 aromatic carbocycles. The molecule has 0 radical (unpaired) electrons. The van der Waals surface area contributed by atoms with Crippen LogP contribution in [-0.2, 0) is 6.54 Å². The molecule has 0 unspecified atom stereocenters. The van der Waals surface area contributed by atoms with E-state index in [1.807, 2.05) is 42.5 Å². The first-order valence-electron chi connectivity index (χ1n) is 5.68. The number of amides is 1. The van der Waals surface area contributed by atoms with Crippen LogP contribution >= 0.6 is 0 Å². The van der Waals surface area contributed by atoms with Crippen molar-refractivity contribution >= 4 is 5.91 Å². The Bertz CT molecular complexity index is 582. The van der Waals surface area contributed by atoms with Gasteiger partial charge in [-0.1, -0.05) is 36.3 Å². The lowest BCUT2D eigenvalue weighted by atomic mass is 10.1. The third-order valence-electron chi connectivity index (χ3n) is 2.58. The van der Waals surface area contributed by atoms with E-state index in [0.717, 1.165) is 11.1 Å². The quantitative estimate of drug-likeness (QED) is 0.814. The summed E-state index contributed by atoms with van der Waals surface area (Å²) in [6.07, 6.45) is 5.33. The van der Waals surface area contributed by atoms with Crippen LogP contribution in [0, 0.1) is 12.3 Å². The van der Waals surface area contributed by atoms with Gasteiger partial charge in [-0.2, -0.15) is 0 Å². The molecule has 1 N–H and O–H groups in total. The molecule has 2 nitrogen and oxygen atoms in total. The molecule has 0 spiro atoms. The summed E-state index contributed by atoms with van der Waals surface area (Å²) in [4.78, 5) is 11.8. The van der Waals surface area contributed by atoms with Gasteiger partial charge >= 0.3 is 0 Å². The van der Waals surface area contributed by atoms with E-state index in [1.54, 1.807) is 12.1 Å². The highest BCUT2D eigenvalue weighted by Crippen LogP contribution is 2.04. The second-order valence-corrected chi connectivity index (χ2v) is 3.89. The second kappa shape index (κ2) is 5.70. The molecule has 2 aromatic rings. The average Bonchev–Trinajstić information content (AvgIpc) is 2.46. The van der Waals surface area contributed by atoms with Crippen LogP contribution in [0.2, 0.25) is 0 Å². The molecule has 0 aliphatic rings. The van der Waals surface area contributed by atoms with Crippen molar-refractivity contribution in [1.82, 2.24) is 5.32 Å². The summed E-state index contributed by atoms with van der Waals surface area (Å²) in [7, 11) is 0. The van der Waals surface area contributed by atoms with Crippen LogP contribution < -0.4 is 5.32 Å². The molecule has 88 valence electrons. The number of carbonyl (C=O) groups is 1. The lowest BCUT2D eigenvalue weighted by molar-refractivity contribution is 0.0951. The number of nitrogens with one attached hydrogen (secondary N) is 1. The average molecular weight is 235 g/mol. The predicted octanol–water partition coefficient (Wildman–Crippen LogP) is 2.60. The molecular weight excluding hydrogens is 222 g/mol. The number of hydrogen-bond donors (Lipinski definition) is 1. The van der Waals surface area contributed by atoms with Gasteiger partial charge in [-0.15, -0.1) is 6.42 Å². The second-order valence-electron chi connectivity index (χ2n) is 3.89. The third-order valence-corrected chi connectivity index (χ3v) is 2.58. The predicted molar refractivity (Wildman–Crippen MR) is 72.0 cm³/mol. The number of carbonyl (C=O) groups excluding carboxylic acids is 1. The SMILES string of the molecule is C#Cc1cccc(CNC(=O)c2ccccc2)c1. The van der Waals surface area contributed by atoms with Crippen molar-refractivity contribution in [2.75, 3.05) is 0 Å². The lowest BCUT2D eigenvalue weighted by Crippen LogP contribution is -2.22. The van der Waals surface area contributed by atoms with Crippen molar-refractivity contribution < 1.29 is 4.79 Å². The minimum absolute atomic E-state index is 0.0817. The maximum Gasteiger partial charge on any atom is 0.251 e. The monoisotopic (exact) mass is 235 g/mol. The molecule has 0 bridgehead atoms. The van der Waals surface area contributed by atoms with Crippen molar-refractivity contribution in [3.8, 4) is 12.3 Å². The van der Waals surface area contributed by atoms with Gasteiger partial charge in [0.15, 0.2) is 0 Å². The van der Waals surface area contributed by atoms with Gasteiger partial charge in [-0.05, 0) is 29.8 Å². The Morgan fingerprint density at radius 2 is 1.89 bits per heavy atom. The van der Waals surface area contributed by atoms with Crippen molar-refractivity contribution in [2.24, 2.45) is 0 Å². The van der Waals surface area contributed by atoms with Crippen LogP contribution in [0.3, 0.4) is 0 Å². The molecule has 1 amide bonds. The van der Waals surface area contributed by atoms with Gasteiger partial charge < -0.3 is 5.32 Å². The molecule has 0 saturated heterocycles. The van der Waals surface area contributed by atoms with Gasteiger partial charge in [-0.25, -0.2) is 0 Å². The first-order valence-corrected chi connectivity index (χ1v) is 5.68. The first kappa shape index (κ1) is 11.9. The van der Waals surface area contributed by atoms with Gasteiger partial charge in [0.1, 0.15) is 0 Å². The summed E-state index contributed by atoms with van der Waals surface area (Å²) in [6.45, 7) is 0.475. The third kappa shape index (κ3) is 2.99.